The lowest BCUT2D eigenvalue weighted by molar-refractivity contribution is 0.177. The number of piperazine rings is 1. The number of ether oxygens (including phenoxy) is 2. The van der Waals surface area contributed by atoms with Gasteiger partial charge >= 0.3 is 0 Å². The second-order valence-corrected chi connectivity index (χ2v) is 4.56. The SMILES string of the molecule is COCc1c(CN2CCNCC2)cccc1OC. The van der Waals surface area contributed by atoms with E-state index in [4.69, 9.17) is 9.47 Å². The van der Waals surface area contributed by atoms with Gasteiger partial charge in [-0.25, -0.2) is 0 Å². The predicted molar refractivity (Wildman–Crippen MR) is 71.9 cm³/mol. The summed E-state index contributed by atoms with van der Waals surface area (Å²) in [6, 6.07) is 6.21. The van der Waals surface area contributed by atoms with Crippen LogP contribution in [-0.2, 0) is 17.9 Å². The maximum absolute atomic E-state index is 5.42. The Hall–Kier alpha value is -1.10. The van der Waals surface area contributed by atoms with Crippen molar-refractivity contribution in [2.45, 2.75) is 13.2 Å². The highest BCUT2D eigenvalue weighted by Gasteiger charge is 2.14. The van der Waals surface area contributed by atoms with Crippen molar-refractivity contribution in [3.05, 3.63) is 29.3 Å². The van der Waals surface area contributed by atoms with Crippen LogP contribution in [0.2, 0.25) is 0 Å². The van der Waals surface area contributed by atoms with Gasteiger partial charge in [0.25, 0.3) is 0 Å². The molecular weight excluding hydrogens is 228 g/mol. The summed E-state index contributed by atoms with van der Waals surface area (Å²) in [4.78, 5) is 2.46. The van der Waals surface area contributed by atoms with Crippen LogP contribution >= 0.6 is 0 Å². The van der Waals surface area contributed by atoms with Gasteiger partial charge in [-0.05, 0) is 11.6 Å². The molecule has 100 valence electrons. The normalized spacial score (nSPS) is 16.8. The number of nitrogens with one attached hydrogen (secondary N) is 1. The molecule has 0 radical (unpaired) electrons. The average Bonchev–Trinajstić information content (AvgIpc) is 2.42. The average molecular weight is 250 g/mol. The first-order valence-electron chi connectivity index (χ1n) is 6.42. The van der Waals surface area contributed by atoms with Crippen molar-refractivity contribution in [3.8, 4) is 5.75 Å². The summed E-state index contributed by atoms with van der Waals surface area (Å²) in [6.07, 6.45) is 0. The lowest BCUT2D eigenvalue weighted by Crippen LogP contribution is -2.43. The van der Waals surface area contributed by atoms with Gasteiger partial charge in [-0.3, -0.25) is 4.90 Å². The molecule has 2 rings (SSSR count). The number of hydrogen-bond donors (Lipinski definition) is 1. The molecule has 0 amide bonds. The zero-order chi connectivity index (χ0) is 12.8. The number of benzene rings is 1. The summed E-state index contributed by atoms with van der Waals surface area (Å²) in [6.45, 7) is 5.92. The van der Waals surface area contributed by atoms with Crippen LogP contribution in [0, 0.1) is 0 Å². The van der Waals surface area contributed by atoms with E-state index >= 15 is 0 Å². The second-order valence-electron chi connectivity index (χ2n) is 4.56. The highest BCUT2D eigenvalue weighted by molar-refractivity contribution is 5.39. The highest BCUT2D eigenvalue weighted by Crippen LogP contribution is 2.24. The van der Waals surface area contributed by atoms with E-state index in [0.717, 1.165) is 38.5 Å². The fourth-order valence-electron chi connectivity index (χ4n) is 2.37. The maximum atomic E-state index is 5.42. The first kappa shape index (κ1) is 13.3. The third-order valence-corrected chi connectivity index (χ3v) is 3.34. The molecular formula is C14H22N2O2. The van der Waals surface area contributed by atoms with E-state index in [2.05, 4.69) is 22.3 Å². The third kappa shape index (κ3) is 3.22. The topological polar surface area (TPSA) is 33.7 Å². The van der Waals surface area contributed by atoms with Gasteiger partial charge in [0.1, 0.15) is 5.75 Å². The molecule has 1 N–H and O–H groups in total. The minimum absolute atomic E-state index is 0.603. The second kappa shape index (κ2) is 6.73. The summed E-state index contributed by atoms with van der Waals surface area (Å²) in [7, 11) is 3.43. The molecule has 0 bridgehead atoms. The summed E-state index contributed by atoms with van der Waals surface area (Å²) >= 11 is 0. The molecule has 1 aromatic rings. The van der Waals surface area contributed by atoms with Crippen LogP contribution in [0.3, 0.4) is 0 Å². The Morgan fingerprint density at radius 2 is 2.00 bits per heavy atom. The van der Waals surface area contributed by atoms with Crippen molar-refractivity contribution in [1.29, 1.82) is 0 Å². The van der Waals surface area contributed by atoms with Crippen molar-refractivity contribution in [3.63, 3.8) is 0 Å². The Morgan fingerprint density at radius 1 is 1.22 bits per heavy atom. The van der Waals surface area contributed by atoms with E-state index in [1.54, 1.807) is 14.2 Å². The molecule has 0 saturated carbocycles. The van der Waals surface area contributed by atoms with Crippen molar-refractivity contribution in [1.82, 2.24) is 10.2 Å². The zero-order valence-electron chi connectivity index (χ0n) is 11.2. The molecule has 1 saturated heterocycles. The first-order chi connectivity index (χ1) is 8.85. The van der Waals surface area contributed by atoms with Gasteiger partial charge in [0.15, 0.2) is 0 Å². The largest absolute Gasteiger partial charge is 0.496 e. The van der Waals surface area contributed by atoms with Crippen LogP contribution in [-0.4, -0.2) is 45.3 Å². The predicted octanol–water partition coefficient (Wildman–Crippen LogP) is 1.25. The van der Waals surface area contributed by atoms with E-state index < -0.39 is 0 Å². The summed E-state index contributed by atoms with van der Waals surface area (Å²) < 4.78 is 10.7. The molecule has 1 aliphatic rings. The summed E-state index contributed by atoms with van der Waals surface area (Å²) in [5.41, 5.74) is 2.47. The van der Waals surface area contributed by atoms with Crippen LogP contribution in [0.4, 0.5) is 0 Å². The lowest BCUT2D eigenvalue weighted by atomic mass is 10.1. The standard InChI is InChI=1S/C14H22N2O2/c1-17-11-13-12(4-3-5-14(13)18-2)10-16-8-6-15-7-9-16/h3-5,15H,6-11H2,1-2H3. The van der Waals surface area contributed by atoms with E-state index in [1.165, 1.54) is 11.1 Å². The Labute approximate surface area is 109 Å². The molecule has 0 unspecified atom stereocenters. The molecule has 0 aliphatic carbocycles. The molecule has 0 spiro atoms. The van der Waals surface area contributed by atoms with Gasteiger partial charge in [0, 0.05) is 45.4 Å². The molecule has 0 atom stereocenters. The van der Waals surface area contributed by atoms with Crippen molar-refractivity contribution in [2.75, 3.05) is 40.4 Å². The van der Waals surface area contributed by atoms with Crippen LogP contribution in [0.1, 0.15) is 11.1 Å². The van der Waals surface area contributed by atoms with Gasteiger partial charge in [-0.1, -0.05) is 12.1 Å². The minimum Gasteiger partial charge on any atom is -0.496 e. The van der Waals surface area contributed by atoms with Crippen molar-refractivity contribution < 1.29 is 9.47 Å². The van der Waals surface area contributed by atoms with Gasteiger partial charge < -0.3 is 14.8 Å². The van der Waals surface area contributed by atoms with Crippen LogP contribution in [0.5, 0.6) is 5.75 Å². The monoisotopic (exact) mass is 250 g/mol. The number of hydrogen-bond acceptors (Lipinski definition) is 4. The molecule has 1 heterocycles. The molecule has 4 heteroatoms. The summed E-state index contributed by atoms with van der Waals surface area (Å²) in [5.74, 6) is 0.921. The Kier molecular flexibility index (Phi) is 4.99. The molecule has 1 aliphatic heterocycles. The zero-order valence-corrected chi connectivity index (χ0v) is 11.2. The molecule has 0 aromatic heterocycles. The maximum Gasteiger partial charge on any atom is 0.124 e. The van der Waals surface area contributed by atoms with Crippen molar-refractivity contribution >= 4 is 0 Å². The lowest BCUT2D eigenvalue weighted by Gasteiger charge is -2.28. The molecule has 1 fully saturated rings. The fourth-order valence-corrected chi connectivity index (χ4v) is 2.37. The minimum atomic E-state index is 0.603. The Morgan fingerprint density at radius 3 is 2.67 bits per heavy atom. The Balaban J connectivity index is 2.14. The summed E-state index contributed by atoms with van der Waals surface area (Å²) in [5, 5.41) is 3.37. The Bertz CT molecular complexity index is 376. The fraction of sp³-hybridized carbons (Fsp3) is 0.571. The van der Waals surface area contributed by atoms with Gasteiger partial charge in [0.2, 0.25) is 0 Å². The number of methoxy groups -OCH3 is 2. The van der Waals surface area contributed by atoms with Crippen LogP contribution in [0.25, 0.3) is 0 Å². The molecule has 4 nitrogen and oxygen atoms in total. The van der Waals surface area contributed by atoms with Gasteiger partial charge in [-0.2, -0.15) is 0 Å². The van der Waals surface area contributed by atoms with E-state index in [0.29, 0.717) is 6.61 Å². The molecule has 1 aromatic carbocycles. The van der Waals surface area contributed by atoms with E-state index in [9.17, 15) is 0 Å². The molecule has 18 heavy (non-hydrogen) atoms. The quantitative estimate of drug-likeness (QED) is 0.852. The number of rotatable bonds is 5. The number of nitrogens with zero attached hydrogens (tertiary/aromatic N) is 1. The first-order valence-corrected chi connectivity index (χ1v) is 6.42. The van der Waals surface area contributed by atoms with Crippen molar-refractivity contribution in [2.24, 2.45) is 0 Å². The third-order valence-electron chi connectivity index (χ3n) is 3.34. The van der Waals surface area contributed by atoms with Crippen LogP contribution < -0.4 is 10.1 Å². The smallest absolute Gasteiger partial charge is 0.124 e. The van der Waals surface area contributed by atoms with Gasteiger partial charge in [0.05, 0.1) is 13.7 Å². The van der Waals surface area contributed by atoms with E-state index in [1.807, 2.05) is 6.07 Å². The van der Waals surface area contributed by atoms with Gasteiger partial charge in [-0.15, -0.1) is 0 Å². The van der Waals surface area contributed by atoms with Crippen LogP contribution in [0.15, 0.2) is 18.2 Å². The van der Waals surface area contributed by atoms with E-state index in [-0.39, 0.29) is 0 Å². The highest BCUT2D eigenvalue weighted by atomic mass is 16.5.